The Kier molecular flexibility index (Phi) is 5.49. The number of hydrogen-bond acceptors (Lipinski definition) is 2. The summed E-state index contributed by atoms with van der Waals surface area (Å²) in [4.78, 5) is 21.7. The van der Waals surface area contributed by atoms with E-state index >= 15 is 0 Å². The van der Waals surface area contributed by atoms with Crippen LogP contribution in [0.3, 0.4) is 0 Å². The van der Waals surface area contributed by atoms with Gasteiger partial charge >= 0.3 is 18.2 Å². The highest BCUT2D eigenvalue weighted by Crippen LogP contribution is 2.30. The molecule has 0 fully saturated rings. The fraction of sp³-hybridized carbons (Fsp3) is 0.600. The van der Waals surface area contributed by atoms with Crippen molar-refractivity contribution < 1.29 is 27.9 Å². The van der Waals surface area contributed by atoms with Gasteiger partial charge in [-0.05, 0) is 13.8 Å². The third kappa shape index (κ3) is 4.16. The number of aliphatic carboxylic acids is 1. The molecule has 0 saturated carbocycles. The molecule has 2 amide bonds. The first-order valence-electron chi connectivity index (χ1n) is 4.91. The largest absolute Gasteiger partial charge is 0.479 e. The molecule has 0 aromatic rings. The Balaban J connectivity index is 4.56. The van der Waals surface area contributed by atoms with E-state index in [0.29, 0.717) is 6.92 Å². The van der Waals surface area contributed by atoms with Gasteiger partial charge < -0.3 is 15.7 Å². The number of carbonyl (C=O) groups is 2. The minimum Gasteiger partial charge on any atom is -0.479 e. The highest BCUT2D eigenvalue weighted by Gasteiger charge is 2.58. The van der Waals surface area contributed by atoms with Crippen LogP contribution in [-0.4, -0.2) is 35.4 Å². The van der Waals surface area contributed by atoms with Gasteiger partial charge in [0.05, 0.1) is 0 Å². The Morgan fingerprint density at radius 3 is 2.28 bits per heavy atom. The summed E-state index contributed by atoms with van der Waals surface area (Å²) in [6.07, 6.45) is -4.83. The molecule has 102 valence electrons. The maximum absolute atomic E-state index is 12.5. The second-order valence-electron chi connectivity index (χ2n) is 3.49. The fourth-order valence-electron chi connectivity index (χ4n) is 0.880. The zero-order chi connectivity index (χ0) is 14.4. The molecule has 5 nitrogen and oxygen atoms in total. The molecule has 8 heteroatoms. The number of urea groups is 1. The summed E-state index contributed by atoms with van der Waals surface area (Å²) in [6, 6.07) is -1.21. The SMILES string of the molecule is CC#CCCNC(=O)NC(C)(C(=O)O)C(F)(F)F. The van der Waals surface area contributed by atoms with E-state index < -0.39 is 23.7 Å². The van der Waals surface area contributed by atoms with Crippen molar-refractivity contribution in [2.75, 3.05) is 6.54 Å². The van der Waals surface area contributed by atoms with Crippen molar-refractivity contribution in [1.82, 2.24) is 10.6 Å². The molecule has 0 rings (SSSR count). The number of halogens is 3. The topological polar surface area (TPSA) is 78.4 Å². The summed E-state index contributed by atoms with van der Waals surface area (Å²) in [5, 5.41) is 12.0. The maximum Gasteiger partial charge on any atom is 0.422 e. The van der Waals surface area contributed by atoms with Crippen LogP contribution in [0.25, 0.3) is 0 Å². The van der Waals surface area contributed by atoms with Crippen LogP contribution in [-0.2, 0) is 4.79 Å². The molecule has 0 heterocycles. The van der Waals surface area contributed by atoms with Crippen LogP contribution in [0.4, 0.5) is 18.0 Å². The Bertz CT molecular complexity index is 384. The average molecular weight is 266 g/mol. The molecule has 0 aromatic heterocycles. The fourth-order valence-corrected chi connectivity index (χ4v) is 0.880. The number of nitrogens with one attached hydrogen (secondary N) is 2. The number of carboxylic acids is 1. The van der Waals surface area contributed by atoms with Gasteiger partial charge in [0, 0.05) is 13.0 Å². The lowest BCUT2D eigenvalue weighted by molar-refractivity contribution is -0.203. The smallest absolute Gasteiger partial charge is 0.422 e. The van der Waals surface area contributed by atoms with Crippen LogP contribution in [0.1, 0.15) is 20.3 Å². The molecule has 0 saturated heterocycles. The van der Waals surface area contributed by atoms with Gasteiger partial charge in [-0.1, -0.05) is 0 Å². The quantitative estimate of drug-likeness (QED) is 0.526. The van der Waals surface area contributed by atoms with Gasteiger partial charge in [-0.2, -0.15) is 13.2 Å². The molecule has 0 aliphatic heterocycles. The van der Waals surface area contributed by atoms with Crippen molar-refractivity contribution in [2.45, 2.75) is 32.0 Å². The van der Waals surface area contributed by atoms with Gasteiger partial charge in [0.2, 0.25) is 5.54 Å². The molecule has 0 bridgehead atoms. The number of carboxylic acid groups (broad SMARTS) is 1. The van der Waals surface area contributed by atoms with Gasteiger partial charge in [0.25, 0.3) is 0 Å². The van der Waals surface area contributed by atoms with E-state index in [2.05, 4.69) is 17.2 Å². The monoisotopic (exact) mass is 266 g/mol. The van der Waals surface area contributed by atoms with Crippen molar-refractivity contribution in [3.63, 3.8) is 0 Å². The lowest BCUT2D eigenvalue weighted by Crippen LogP contribution is -2.63. The lowest BCUT2D eigenvalue weighted by Gasteiger charge is -2.28. The Labute approximate surface area is 102 Å². The zero-order valence-corrected chi connectivity index (χ0v) is 9.81. The summed E-state index contributed by atoms with van der Waals surface area (Å²) in [6.45, 7) is 1.98. The van der Waals surface area contributed by atoms with E-state index in [1.54, 1.807) is 6.92 Å². The van der Waals surface area contributed by atoms with Crippen molar-refractivity contribution in [3.8, 4) is 11.8 Å². The normalized spacial score (nSPS) is 13.8. The predicted molar refractivity (Wildman–Crippen MR) is 56.7 cm³/mol. The van der Waals surface area contributed by atoms with Crippen molar-refractivity contribution in [1.29, 1.82) is 0 Å². The Morgan fingerprint density at radius 2 is 1.89 bits per heavy atom. The first kappa shape index (κ1) is 16.1. The third-order valence-electron chi connectivity index (χ3n) is 2.07. The number of amides is 2. The molecular weight excluding hydrogens is 253 g/mol. The van der Waals surface area contributed by atoms with E-state index in [1.807, 2.05) is 0 Å². The first-order valence-corrected chi connectivity index (χ1v) is 4.91. The lowest BCUT2D eigenvalue weighted by atomic mass is 10.0. The molecular formula is C10H13F3N2O3. The second-order valence-corrected chi connectivity index (χ2v) is 3.49. The Morgan fingerprint density at radius 1 is 1.33 bits per heavy atom. The maximum atomic E-state index is 12.5. The molecule has 0 aliphatic rings. The predicted octanol–water partition coefficient (Wildman–Crippen LogP) is 1.10. The van der Waals surface area contributed by atoms with Crippen LogP contribution in [0.5, 0.6) is 0 Å². The average Bonchev–Trinajstić information content (AvgIpc) is 2.22. The number of carbonyl (C=O) groups excluding carboxylic acids is 1. The minimum atomic E-state index is -5.10. The van der Waals surface area contributed by atoms with Gasteiger partial charge in [0.1, 0.15) is 0 Å². The molecule has 0 radical (unpaired) electrons. The minimum absolute atomic E-state index is 0.0280. The molecule has 1 atom stereocenters. The highest BCUT2D eigenvalue weighted by molar-refractivity contribution is 5.86. The second kappa shape index (κ2) is 6.14. The van der Waals surface area contributed by atoms with E-state index in [4.69, 9.17) is 5.11 Å². The van der Waals surface area contributed by atoms with Crippen LogP contribution in [0.2, 0.25) is 0 Å². The first-order chi connectivity index (χ1) is 8.15. The summed E-state index contributed by atoms with van der Waals surface area (Å²) in [5.74, 6) is 2.94. The van der Waals surface area contributed by atoms with E-state index in [1.165, 1.54) is 5.32 Å². The van der Waals surface area contributed by atoms with Gasteiger partial charge in [0.15, 0.2) is 0 Å². The molecule has 1 unspecified atom stereocenters. The van der Waals surface area contributed by atoms with Gasteiger partial charge in [-0.25, -0.2) is 9.59 Å². The Hall–Kier alpha value is -1.91. The molecule has 0 aliphatic carbocycles. The summed E-state index contributed by atoms with van der Waals surface area (Å²) in [5.41, 5.74) is -3.33. The van der Waals surface area contributed by atoms with E-state index in [9.17, 15) is 22.8 Å². The van der Waals surface area contributed by atoms with Gasteiger partial charge in [-0.15, -0.1) is 11.8 Å². The number of rotatable bonds is 4. The summed E-state index contributed by atoms with van der Waals surface area (Å²) < 4.78 is 37.5. The van der Waals surface area contributed by atoms with Crippen molar-refractivity contribution >= 4 is 12.0 Å². The molecule has 3 N–H and O–H groups in total. The number of alkyl halides is 3. The molecule has 0 aromatic carbocycles. The van der Waals surface area contributed by atoms with E-state index in [0.717, 1.165) is 0 Å². The van der Waals surface area contributed by atoms with Crippen molar-refractivity contribution in [2.24, 2.45) is 0 Å². The summed E-state index contributed by atoms with van der Waals surface area (Å²) >= 11 is 0. The number of hydrogen-bond donors (Lipinski definition) is 3. The third-order valence-corrected chi connectivity index (χ3v) is 2.07. The standard InChI is InChI=1S/C10H13F3N2O3/c1-3-4-5-6-14-8(18)15-9(2,7(16)17)10(11,12)13/h5-6H2,1-2H3,(H,16,17)(H2,14,15,18). The van der Waals surface area contributed by atoms with Crippen LogP contribution >= 0.6 is 0 Å². The van der Waals surface area contributed by atoms with Crippen LogP contribution in [0.15, 0.2) is 0 Å². The van der Waals surface area contributed by atoms with Crippen LogP contribution in [0, 0.1) is 11.8 Å². The van der Waals surface area contributed by atoms with Gasteiger partial charge in [-0.3, -0.25) is 0 Å². The molecule has 18 heavy (non-hydrogen) atoms. The van der Waals surface area contributed by atoms with Crippen molar-refractivity contribution in [3.05, 3.63) is 0 Å². The molecule has 0 spiro atoms. The van der Waals surface area contributed by atoms with Crippen LogP contribution < -0.4 is 10.6 Å². The summed E-state index contributed by atoms with van der Waals surface area (Å²) in [7, 11) is 0. The van der Waals surface area contributed by atoms with E-state index in [-0.39, 0.29) is 13.0 Å². The highest BCUT2D eigenvalue weighted by atomic mass is 19.4. The zero-order valence-electron chi connectivity index (χ0n) is 9.81.